The molecule has 1 spiro atoms. The Balaban J connectivity index is 1.80. The van der Waals surface area contributed by atoms with Crippen LogP contribution >= 0.6 is 0 Å². The Kier molecular flexibility index (Phi) is 3.33. The van der Waals surface area contributed by atoms with Crippen LogP contribution in [0.15, 0.2) is 18.3 Å². The highest BCUT2D eigenvalue weighted by Crippen LogP contribution is 2.52. The van der Waals surface area contributed by atoms with E-state index >= 15 is 0 Å². The van der Waals surface area contributed by atoms with Crippen molar-refractivity contribution in [3.63, 3.8) is 0 Å². The molecule has 20 heavy (non-hydrogen) atoms. The third kappa shape index (κ3) is 2.04. The van der Waals surface area contributed by atoms with Gasteiger partial charge in [-0.05, 0) is 34.9 Å². The monoisotopic (exact) mass is 277 g/mol. The summed E-state index contributed by atoms with van der Waals surface area (Å²) in [5.41, 5.74) is 6.22. The van der Waals surface area contributed by atoms with Crippen LogP contribution in [0.5, 0.6) is 5.75 Å². The summed E-state index contributed by atoms with van der Waals surface area (Å²) in [5, 5.41) is 11.0. The van der Waals surface area contributed by atoms with Gasteiger partial charge in [0.1, 0.15) is 12.3 Å². The number of pyridine rings is 1. The first-order chi connectivity index (χ1) is 9.63. The number of nitrogens with zero attached hydrogens (tertiary/aromatic N) is 2. The molecule has 2 unspecified atom stereocenters. The van der Waals surface area contributed by atoms with Crippen molar-refractivity contribution < 1.29 is 9.66 Å². The van der Waals surface area contributed by atoms with Crippen LogP contribution in [0.3, 0.4) is 0 Å². The first-order valence-electron chi connectivity index (χ1n) is 7.15. The van der Waals surface area contributed by atoms with Crippen molar-refractivity contribution >= 4 is 5.82 Å². The molecule has 3 rings (SSSR count). The van der Waals surface area contributed by atoms with E-state index in [2.05, 4.69) is 4.98 Å². The van der Waals surface area contributed by atoms with Crippen molar-refractivity contribution in [2.24, 2.45) is 11.1 Å². The molecule has 0 amide bonds. The standard InChI is InChI=1S/C14H19N3O3/c15-11-9-12(14(11)6-2-1-3-7-14)20-10-5-4-8-16-13(10)17(18)19/h4-5,8,11-12H,1-3,6-7,9,15H2. The van der Waals surface area contributed by atoms with Gasteiger partial charge in [0.25, 0.3) is 0 Å². The fourth-order valence-electron chi connectivity index (χ4n) is 3.61. The second-order valence-electron chi connectivity index (χ2n) is 5.82. The number of nitro groups is 1. The molecule has 1 heterocycles. The van der Waals surface area contributed by atoms with Gasteiger partial charge in [0.2, 0.25) is 5.75 Å². The summed E-state index contributed by atoms with van der Waals surface area (Å²) in [6.45, 7) is 0. The SMILES string of the molecule is NC1CC(Oc2cccnc2[N+](=O)[O-])C12CCCCC2. The average molecular weight is 277 g/mol. The summed E-state index contributed by atoms with van der Waals surface area (Å²) in [6, 6.07) is 3.43. The molecule has 1 aromatic heterocycles. The summed E-state index contributed by atoms with van der Waals surface area (Å²) < 4.78 is 5.92. The number of nitrogens with two attached hydrogens (primary N) is 1. The Labute approximate surface area is 117 Å². The van der Waals surface area contributed by atoms with Gasteiger partial charge in [0.15, 0.2) is 0 Å². The van der Waals surface area contributed by atoms with E-state index in [1.54, 1.807) is 12.1 Å². The van der Waals surface area contributed by atoms with E-state index in [9.17, 15) is 10.1 Å². The maximum Gasteiger partial charge on any atom is 0.406 e. The summed E-state index contributed by atoms with van der Waals surface area (Å²) in [7, 11) is 0. The van der Waals surface area contributed by atoms with E-state index in [0.717, 1.165) is 19.3 Å². The predicted molar refractivity (Wildman–Crippen MR) is 73.4 cm³/mol. The molecule has 2 aliphatic carbocycles. The second-order valence-corrected chi connectivity index (χ2v) is 5.82. The quantitative estimate of drug-likeness (QED) is 0.676. The summed E-state index contributed by atoms with van der Waals surface area (Å²) in [5.74, 6) is 0.0540. The van der Waals surface area contributed by atoms with Crippen molar-refractivity contribution in [2.75, 3.05) is 0 Å². The maximum absolute atomic E-state index is 11.0. The lowest BCUT2D eigenvalue weighted by Gasteiger charge is -2.55. The zero-order valence-corrected chi connectivity index (χ0v) is 11.3. The molecule has 0 aromatic carbocycles. The lowest BCUT2D eigenvalue weighted by Crippen LogP contribution is -2.64. The predicted octanol–water partition coefficient (Wildman–Crippen LogP) is 2.42. The van der Waals surface area contributed by atoms with Gasteiger partial charge in [-0.25, -0.2) is 0 Å². The number of aromatic nitrogens is 1. The first-order valence-corrected chi connectivity index (χ1v) is 7.15. The minimum Gasteiger partial charge on any atom is -0.482 e. The van der Waals surface area contributed by atoms with Crippen LogP contribution < -0.4 is 10.5 Å². The van der Waals surface area contributed by atoms with Crippen LogP contribution in [0.25, 0.3) is 0 Å². The van der Waals surface area contributed by atoms with E-state index in [1.165, 1.54) is 25.5 Å². The molecule has 108 valence electrons. The molecule has 0 aliphatic heterocycles. The van der Waals surface area contributed by atoms with Crippen molar-refractivity contribution in [2.45, 2.75) is 50.7 Å². The van der Waals surface area contributed by atoms with E-state index in [0.29, 0.717) is 0 Å². The van der Waals surface area contributed by atoms with Crippen molar-refractivity contribution in [1.29, 1.82) is 0 Å². The molecule has 2 N–H and O–H groups in total. The highest BCUT2D eigenvalue weighted by molar-refractivity contribution is 5.39. The summed E-state index contributed by atoms with van der Waals surface area (Å²) >= 11 is 0. The molecule has 6 nitrogen and oxygen atoms in total. The molecular weight excluding hydrogens is 258 g/mol. The molecule has 0 bridgehead atoms. The Morgan fingerprint density at radius 1 is 1.40 bits per heavy atom. The first kappa shape index (κ1) is 13.3. The average Bonchev–Trinajstić information content (AvgIpc) is 2.48. The Bertz CT molecular complexity index is 514. The van der Waals surface area contributed by atoms with Gasteiger partial charge in [-0.2, -0.15) is 0 Å². The summed E-state index contributed by atoms with van der Waals surface area (Å²) in [4.78, 5) is 14.3. The fraction of sp³-hybridized carbons (Fsp3) is 0.643. The van der Waals surface area contributed by atoms with Gasteiger partial charge in [-0.1, -0.05) is 19.3 Å². The van der Waals surface area contributed by atoms with Gasteiger partial charge >= 0.3 is 5.82 Å². The Morgan fingerprint density at radius 3 is 2.80 bits per heavy atom. The van der Waals surface area contributed by atoms with Crippen LogP contribution in [0.4, 0.5) is 5.82 Å². The van der Waals surface area contributed by atoms with E-state index in [4.69, 9.17) is 10.5 Å². The Hall–Kier alpha value is -1.69. The minimum absolute atomic E-state index is 0.0132. The van der Waals surface area contributed by atoms with Crippen LogP contribution in [-0.4, -0.2) is 22.1 Å². The smallest absolute Gasteiger partial charge is 0.406 e. The van der Waals surface area contributed by atoms with Gasteiger partial charge in [0.05, 0.1) is 0 Å². The molecule has 6 heteroatoms. The second kappa shape index (κ2) is 5.01. The van der Waals surface area contributed by atoms with Crippen LogP contribution in [0.2, 0.25) is 0 Å². The number of hydrogen-bond acceptors (Lipinski definition) is 5. The highest BCUT2D eigenvalue weighted by atomic mass is 16.6. The number of hydrogen-bond donors (Lipinski definition) is 1. The normalized spacial score (nSPS) is 27.9. The molecule has 1 aromatic rings. The lowest BCUT2D eigenvalue weighted by molar-refractivity contribution is -0.391. The molecule has 2 aliphatic rings. The zero-order valence-electron chi connectivity index (χ0n) is 11.3. The minimum atomic E-state index is -0.499. The van der Waals surface area contributed by atoms with Gasteiger partial charge in [0, 0.05) is 17.9 Å². The lowest BCUT2D eigenvalue weighted by atomic mass is 9.55. The van der Waals surface area contributed by atoms with Crippen molar-refractivity contribution in [1.82, 2.24) is 4.98 Å². The molecule has 0 radical (unpaired) electrons. The molecule has 0 saturated heterocycles. The third-order valence-electron chi connectivity index (χ3n) is 4.83. The van der Waals surface area contributed by atoms with Crippen LogP contribution in [-0.2, 0) is 0 Å². The molecule has 2 fully saturated rings. The van der Waals surface area contributed by atoms with Gasteiger partial charge < -0.3 is 20.6 Å². The topological polar surface area (TPSA) is 91.3 Å². The van der Waals surface area contributed by atoms with Crippen molar-refractivity contribution in [3.8, 4) is 5.75 Å². The maximum atomic E-state index is 11.0. The van der Waals surface area contributed by atoms with E-state index in [-0.39, 0.29) is 29.1 Å². The highest BCUT2D eigenvalue weighted by Gasteiger charge is 2.55. The van der Waals surface area contributed by atoms with Gasteiger partial charge in [-0.15, -0.1) is 0 Å². The third-order valence-corrected chi connectivity index (χ3v) is 4.83. The Morgan fingerprint density at radius 2 is 2.15 bits per heavy atom. The number of rotatable bonds is 3. The van der Waals surface area contributed by atoms with E-state index in [1.807, 2.05) is 0 Å². The van der Waals surface area contributed by atoms with Gasteiger partial charge in [-0.3, -0.25) is 0 Å². The van der Waals surface area contributed by atoms with Crippen molar-refractivity contribution in [3.05, 3.63) is 28.4 Å². The fourth-order valence-corrected chi connectivity index (χ4v) is 3.61. The summed E-state index contributed by atoms with van der Waals surface area (Å²) in [6.07, 6.45) is 7.87. The van der Waals surface area contributed by atoms with E-state index < -0.39 is 4.92 Å². The number of ether oxygens (including phenoxy) is 1. The largest absolute Gasteiger partial charge is 0.482 e. The molecular formula is C14H19N3O3. The molecule has 2 saturated carbocycles. The van der Waals surface area contributed by atoms with Crippen LogP contribution in [0.1, 0.15) is 38.5 Å². The molecule has 2 atom stereocenters. The van der Waals surface area contributed by atoms with Crippen LogP contribution in [0, 0.1) is 15.5 Å². The zero-order chi connectivity index (χ0) is 14.2.